The largest absolute Gasteiger partial charge is 0.229 e. The topological polar surface area (TPSA) is 3.01 Å². The SMILES string of the molecule is [2H]C1([2H])C(=[N+](CC=C)CC=C)C(C)(C)C1([2H])[2H]. The highest BCUT2D eigenvalue weighted by molar-refractivity contribution is 5.90. The van der Waals surface area contributed by atoms with Crippen LogP contribution < -0.4 is 0 Å². The van der Waals surface area contributed by atoms with E-state index in [9.17, 15) is 0 Å². The Balaban J connectivity index is 3.32. The molecule has 1 fully saturated rings. The number of hydrogen-bond donors (Lipinski definition) is 0. The van der Waals surface area contributed by atoms with Crippen LogP contribution in [-0.4, -0.2) is 23.4 Å². The van der Waals surface area contributed by atoms with Gasteiger partial charge in [0.15, 0.2) is 18.8 Å². The van der Waals surface area contributed by atoms with E-state index < -0.39 is 18.2 Å². The molecule has 1 aliphatic rings. The van der Waals surface area contributed by atoms with E-state index in [4.69, 9.17) is 5.48 Å². The van der Waals surface area contributed by atoms with Crippen LogP contribution in [-0.2, 0) is 0 Å². The minimum Gasteiger partial charge on any atom is -0.229 e. The molecule has 0 spiro atoms. The van der Waals surface area contributed by atoms with Crippen LogP contribution in [0.3, 0.4) is 0 Å². The quantitative estimate of drug-likeness (QED) is 0.464. The molecule has 0 N–H and O–H groups in total. The Morgan fingerprint density at radius 1 is 1.46 bits per heavy atom. The fraction of sp³-hybridized carbons (Fsp3) is 0.583. The van der Waals surface area contributed by atoms with Gasteiger partial charge in [0.1, 0.15) is 0 Å². The molecular weight excluding hydrogens is 158 g/mol. The van der Waals surface area contributed by atoms with Gasteiger partial charge in [-0.3, -0.25) is 0 Å². The summed E-state index contributed by atoms with van der Waals surface area (Å²) in [7, 11) is 0. The second-order valence-corrected chi connectivity index (χ2v) is 3.71. The average molecular weight is 182 g/mol. The van der Waals surface area contributed by atoms with Crippen molar-refractivity contribution in [2.75, 3.05) is 13.1 Å². The van der Waals surface area contributed by atoms with Crippen molar-refractivity contribution in [1.82, 2.24) is 0 Å². The summed E-state index contributed by atoms with van der Waals surface area (Å²) in [5.41, 5.74) is -0.308. The second kappa shape index (κ2) is 3.91. The second-order valence-electron chi connectivity index (χ2n) is 3.71. The summed E-state index contributed by atoms with van der Waals surface area (Å²) >= 11 is 0. The molecule has 1 heteroatoms. The highest BCUT2D eigenvalue weighted by Crippen LogP contribution is 2.36. The zero-order valence-corrected chi connectivity index (χ0v) is 8.43. The molecule has 0 aromatic carbocycles. The molecule has 0 aromatic heterocycles. The summed E-state index contributed by atoms with van der Waals surface area (Å²) in [5.74, 6) is 0. The van der Waals surface area contributed by atoms with Crippen LogP contribution in [0.2, 0.25) is 0 Å². The number of nitrogens with zero attached hydrogens (tertiary/aromatic N) is 1. The van der Waals surface area contributed by atoms with Crippen molar-refractivity contribution >= 4 is 5.71 Å². The van der Waals surface area contributed by atoms with E-state index >= 15 is 0 Å². The van der Waals surface area contributed by atoms with Gasteiger partial charge in [-0.2, -0.15) is 0 Å². The summed E-state index contributed by atoms with van der Waals surface area (Å²) < 4.78 is 33.3. The summed E-state index contributed by atoms with van der Waals surface area (Å²) in [6.07, 6.45) is -0.397. The van der Waals surface area contributed by atoms with Gasteiger partial charge in [-0.15, -0.1) is 0 Å². The lowest BCUT2D eigenvalue weighted by Crippen LogP contribution is -2.42. The summed E-state index contributed by atoms with van der Waals surface area (Å²) in [5, 5.41) is 0. The van der Waals surface area contributed by atoms with Gasteiger partial charge in [-0.05, 0) is 18.5 Å². The first-order chi connectivity index (χ1) is 7.64. The van der Waals surface area contributed by atoms with Crippen LogP contribution in [0.1, 0.15) is 32.1 Å². The first kappa shape index (κ1) is 5.79. The molecule has 13 heavy (non-hydrogen) atoms. The lowest BCUT2D eigenvalue weighted by Gasteiger charge is -2.34. The van der Waals surface area contributed by atoms with Gasteiger partial charge < -0.3 is 0 Å². The van der Waals surface area contributed by atoms with E-state index in [0.717, 1.165) is 0 Å². The molecule has 1 aliphatic carbocycles. The smallest absolute Gasteiger partial charge is 0.161 e. The van der Waals surface area contributed by atoms with Gasteiger partial charge in [-0.1, -0.05) is 27.0 Å². The fourth-order valence-electron chi connectivity index (χ4n) is 1.41. The van der Waals surface area contributed by atoms with Crippen molar-refractivity contribution in [2.45, 2.75) is 26.6 Å². The lowest BCUT2D eigenvalue weighted by molar-refractivity contribution is -0.514. The van der Waals surface area contributed by atoms with E-state index in [1.165, 1.54) is 0 Å². The van der Waals surface area contributed by atoms with E-state index in [0.29, 0.717) is 18.8 Å². The summed E-state index contributed by atoms with van der Waals surface area (Å²) in [4.78, 5) is 0. The van der Waals surface area contributed by atoms with Crippen molar-refractivity contribution in [3.05, 3.63) is 25.3 Å². The molecule has 1 rings (SSSR count). The molecule has 0 bridgehead atoms. The van der Waals surface area contributed by atoms with E-state index in [1.54, 1.807) is 30.6 Å². The monoisotopic (exact) mass is 182 g/mol. The van der Waals surface area contributed by atoms with Gasteiger partial charge >= 0.3 is 0 Å². The molecule has 0 atom stereocenters. The van der Waals surface area contributed by atoms with Crippen LogP contribution in [0.5, 0.6) is 0 Å². The molecule has 0 aliphatic heterocycles. The standard InChI is InChI=1S/C12H20N/c1-5-9-13(10-6-2)11-7-8-12(11,3)4/h5-6H,1-2,7-10H2,3-4H3/q+1/i7D2,8D2. The highest BCUT2D eigenvalue weighted by Gasteiger charge is 2.41. The molecule has 0 amide bonds. The van der Waals surface area contributed by atoms with Crippen LogP contribution in [0.15, 0.2) is 25.3 Å². The Bertz CT molecular complexity index is 348. The van der Waals surface area contributed by atoms with Crippen LogP contribution in [0.4, 0.5) is 0 Å². The summed E-state index contributed by atoms with van der Waals surface area (Å²) in [6.45, 7) is 11.8. The minimum atomic E-state index is -1.93. The Labute approximate surface area is 87.1 Å². The van der Waals surface area contributed by atoms with E-state index in [-0.39, 0.29) is 0 Å². The highest BCUT2D eigenvalue weighted by atomic mass is 15.0. The van der Waals surface area contributed by atoms with Gasteiger partial charge in [0.2, 0.25) is 0 Å². The third-order valence-corrected chi connectivity index (χ3v) is 2.10. The minimum absolute atomic E-state index is 0.495. The van der Waals surface area contributed by atoms with Crippen LogP contribution in [0, 0.1) is 5.41 Å². The van der Waals surface area contributed by atoms with Crippen LogP contribution >= 0.6 is 0 Å². The zero-order chi connectivity index (χ0) is 13.5. The molecule has 1 saturated carbocycles. The Morgan fingerprint density at radius 3 is 2.38 bits per heavy atom. The lowest BCUT2D eigenvalue weighted by atomic mass is 9.69. The zero-order valence-electron chi connectivity index (χ0n) is 12.4. The van der Waals surface area contributed by atoms with Crippen molar-refractivity contribution < 1.29 is 10.1 Å². The molecule has 0 unspecified atom stereocenters. The maximum Gasteiger partial charge on any atom is 0.161 e. The third kappa shape index (κ3) is 2.09. The Kier molecular flexibility index (Phi) is 1.74. The van der Waals surface area contributed by atoms with Crippen molar-refractivity contribution in [1.29, 1.82) is 0 Å². The molecule has 1 nitrogen and oxygen atoms in total. The van der Waals surface area contributed by atoms with Gasteiger partial charge in [0.05, 0.1) is 0 Å². The first-order valence-corrected chi connectivity index (χ1v) is 4.49. The molecule has 72 valence electrons. The third-order valence-electron chi connectivity index (χ3n) is 2.10. The number of rotatable bonds is 4. The number of hydrogen-bond acceptors (Lipinski definition) is 0. The predicted octanol–water partition coefficient (Wildman–Crippen LogP) is 2.63. The van der Waals surface area contributed by atoms with E-state index in [1.807, 2.05) is 0 Å². The van der Waals surface area contributed by atoms with Gasteiger partial charge in [0, 0.05) is 17.3 Å². The van der Waals surface area contributed by atoms with Crippen molar-refractivity contribution in [3.8, 4) is 0 Å². The Hall–Kier alpha value is -0.850. The molecule has 0 aromatic rings. The average Bonchev–Trinajstić information content (AvgIpc) is 2.16. The predicted molar refractivity (Wildman–Crippen MR) is 58.4 cm³/mol. The maximum absolute atomic E-state index is 7.91. The van der Waals surface area contributed by atoms with Gasteiger partial charge in [-0.25, -0.2) is 4.58 Å². The van der Waals surface area contributed by atoms with Crippen LogP contribution in [0.25, 0.3) is 0 Å². The van der Waals surface area contributed by atoms with E-state index in [2.05, 4.69) is 13.2 Å². The Morgan fingerprint density at radius 2 is 2.00 bits per heavy atom. The fourth-order valence-corrected chi connectivity index (χ4v) is 1.41. The molecule has 0 radical (unpaired) electrons. The molecular formula is C12H20N+. The van der Waals surface area contributed by atoms with Crippen molar-refractivity contribution in [3.63, 3.8) is 0 Å². The normalized spacial score (nSPS) is 31.4. The maximum atomic E-state index is 7.91. The summed E-state index contributed by atoms with van der Waals surface area (Å²) in [6, 6.07) is 0. The van der Waals surface area contributed by atoms with Gasteiger partial charge in [0.25, 0.3) is 0 Å². The molecule has 0 heterocycles. The molecule has 0 saturated heterocycles. The first-order valence-electron chi connectivity index (χ1n) is 6.49. The van der Waals surface area contributed by atoms with Crippen molar-refractivity contribution in [2.24, 2.45) is 5.41 Å².